The van der Waals surface area contributed by atoms with Crippen LogP contribution in [0.25, 0.3) is 0 Å². The first-order chi connectivity index (χ1) is 24.4. The van der Waals surface area contributed by atoms with Gasteiger partial charge < -0.3 is 68.9 Å². The van der Waals surface area contributed by atoms with E-state index in [1.54, 1.807) is 48.5 Å². The van der Waals surface area contributed by atoms with Gasteiger partial charge in [-0.15, -0.1) is 0 Å². The molecule has 3 aliphatic heterocycles. The van der Waals surface area contributed by atoms with Crippen molar-refractivity contribution in [3.8, 4) is 0 Å². The fourth-order valence-electron chi connectivity index (χ4n) is 8.74. The van der Waals surface area contributed by atoms with E-state index in [1.165, 1.54) is 14.0 Å². The first-order valence-electron chi connectivity index (χ1n) is 19.3. The Bertz CT molecular complexity index is 1160. The molecule has 0 saturated carbocycles. The lowest BCUT2D eigenvalue weighted by molar-refractivity contribution is -0.320. The van der Waals surface area contributed by atoms with Gasteiger partial charge in [0.15, 0.2) is 12.6 Å². The normalized spacial score (nSPS) is 48.9. The van der Waals surface area contributed by atoms with Crippen LogP contribution in [0, 0.1) is 17.8 Å². The van der Waals surface area contributed by atoms with E-state index in [0.717, 1.165) is 0 Å². The molecule has 0 amide bonds. The topological polar surface area (TPSA) is 200 Å². The lowest BCUT2D eigenvalue weighted by Gasteiger charge is -2.49. The molecule has 0 aliphatic carbocycles. The van der Waals surface area contributed by atoms with Crippen molar-refractivity contribution in [2.45, 2.75) is 178 Å². The number of aliphatic hydroxyl groups excluding tert-OH is 4. The molecular formula is C38H72N2O13. The molecule has 0 aromatic rings. The van der Waals surface area contributed by atoms with Crippen LogP contribution in [0.15, 0.2) is 0 Å². The van der Waals surface area contributed by atoms with Crippen molar-refractivity contribution in [3.63, 3.8) is 0 Å². The van der Waals surface area contributed by atoms with Crippen molar-refractivity contribution in [2.24, 2.45) is 17.8 Å². The van der Waals surface area contributed by atoms with Crippen molar-refractivity contribution >= 4 is 5.97 Å². The van der Waals surface area contributed by atoms with E-state index in [2.05, 4.69) is 0 Å². The first-order valence-corrected chi connectivity index (χ1v) is 19.3. The molecule has 3 aliphatic rings. The summed E-state index contributed by atoms with van der Waals surface area (Å²) in [4.78, 5) is 17.9. The van der Waals surface area contributed by atoms with Crippen LogP contribution in [0.2, 0.25) is 0 Å². The Morgan fingerprint density at radius 3 is 2.13 bits per heavy atom. The van der Waals surface area contributed by atoms with Gasteiger partial charge in [-0.25, -0.2) is 0 Å². The first kappa shape index (κ1) is 46.3. The van der Waals surface area contributed by atoms with Crippen LogP contribution < -0.4 is 0 Å². The average Bonchev–Trinajstić information content (AvgIpc) is 3.08. The van der Waals surface area contributed by atoms with Gasteiger partial charge in [-0.05, 0) is 87.9 Å². The van der Waals surface area contributed by atoms with Crippen LogP contribution in [-0.4, -0.2) is 178 Å². The summed E-state index contributed by atoms with van der Waals surface area (Å²) < 4.78 is 37.3. The molecule has 0 radical (unpaired) electrons. The molecule has 3 rings (SSSR count). The van der Waals surface area contributed by atoms with E-state index in [1.807, 2.05) is 37.9 Å². The monoisotopic (exact) mass is 765 g/mol. The molecule has 18 atom stereocenters. The summed E-state index contributed by atoms with van der Waals surface area (Å²) in [6, 6.07) is -0.987. The number of rotatable bonds is 8. The Kier molecular flexibility index (Phi) is 16.2. The SMILES string of the molecule is CC[C@H]1OC(=O)[C@H](C)[C@@H](O[C@H]2C[C@@](C)(OC)[C@@H](O)[C@H](C)O2)[C@H](C)[C@@H](O[C@@H]2O[C@H](CO)C[C@H](N(C)C)[C@H]2O)[C@](C)(O)C[C@@H](C)CN(C)[C@H](C)[C@@H](O)[C@]1(C)O. The predicted octanol–water partition coefficient (Wildman–Crippen LogP) is 0.873. The maximum atomic E-state index is 14.2. The summed E-state index contributed by atoms with van der Waals surface area (Å²) in [5.41, 5.74) is -4.48. The van der Waals surface area contributed by atoms with E-state index in [4.69, 9.17) is 28.4 Å². The Morgan fingerprint density at radius 2 is 1.58 bits per heavy atom. The molecule has 15 nitrogen and oxygen atoms in total. The molecule has 0 aromatic carbocycles. The lowest BCUT2D eigenvalue weighted by Crippen LogP contribution is -2.61. The number of ether oxygens (including phenoxy) is 6. The third kappa shape index (κ3) is 10.5. The Labute approximate surface area is 316 Å². The Balaban J connectivity index is 2.19. The molecule has 3 saturated heterocycles. The number of hydrogen-bond acceptors (Lipinski definition) is 15. The second kappa shape index (κ2) is 18.5. The van der Waals surface area contributed by atoms with Gasteiger partial charge >= 0.3 is 5.97 Å². The highest BCUT2D eigenvalue weighted by Crippen LogP contribution is 2.40. The molecule has 0 bridgehead atoms. The van der Waals surface area contributed by atoms with Crippen LogP contribution in [0.3, 0.4) is 0 Å². The zero-order valence-electron chi connectivity index (χ0n) is 34.3. The summed E-state index contributed by atoms with van der Waals surface area (Å²) in [5, 5.41) is 68.3. The number of carbonyl (C=O) groups excluding carboxylic acids is 1. The minimum Gasteiger partial charge on any atom is -0.459 e. The molecule has 0 spiro atoms. The molecular weight excluding hydrogens is 692 g/mol. The number of nitrogens with zero attached hydrogens (tertiary/aromatic N) is 2. The van der Waals surface area contributed by atoms with Gasteiger partial charge in [0.1, 0.15) is 30.0 Å². The van der Waals surface area contributed by atoms with Crippen molar-refractivity contribution in [2.75, 3.05) is 41.4 Å². The fraction of sp³-hybridized carbons (Fsp3) is 0.974. The molecule has 15 heteroatoms. The molecule has 312 valence electrons. The summed E-state index contributed by atoms with van der Waals surface area (Å²) in [6.45, 7) is 15.6. The standard InChI is InChI=1S/C38H72N2O13/c1-14-27-38(9,47)31(43)23(5)40(12)18-20(2)16-36(7,46)33(53-35-29(42)26(39(10)11)15-25(19-41)50-35)21(3)30(22(4)34(45)51-27)52-28-17-37(8,48-13)32(44)24(6)49-28/h20-33,35,41-44,46-47H,14-19H2,1-13H3/t20-,21+,22-,23-,24+,25+,26+,27-,28+,29-,30+,31-,32+,33-,35+,36-,37-,38-/m1/s1. The highest BCUT2D eigenvalue weighted by atomic mass is 16.7. The van der Waals surface area contributed by atoms with Crippen LogP contribution in [-0.2, 0) is 33.2 Å². The van der Waals surface area contributed by atoms with E-state index in [9.17, 15) is 35.4 Å². The summed E-state index contributed by atoms with van der Waals surface area (Å²) in [7, 11) is 6.95. The number of likely N-dealkylation sites (N-methyl/N-ethyl adjacent to an activating group) is 2. The highest BCUT2D eigenvalue weighted by Gasteiger charge is 2.52. The van der Waals surface area contributed by atoms with Crippen LogP contribution in [0.1, 0.15) is 88.0 Å². The zero-order chi connectivity index (χ0) is 40.4. The Morgan fingerprint density at radius 1 is 0.962 bits per heavy atom. The van der Waals surface area contributed by atoms with Crippen molar-refractivity contribution in [1.82, 2.24) is 9.80 Å². The number of hydrogen-bond donors (Lipinski definition) is 6. The van der Waals surface area contributed by atoms with Gasteiger partial charge in [-0.3, -0.25) is 4.79 Å². The van der Waals surface area contributed by atoms with Gasteiger partial charge in [-0.1, -0.05) is 20.8 Å². The fourth-order valence-corrected chi connectivity index (χ4v) is 8.74. The van der Waals surface area contributed by atoms with Crippen LogP contribution >= 0.6 is 0 Å². The summed E-state index contributed by atoms with van der Waals surface area (Å²) in [5.74, 6) is -2.76. The summed E-state index contributed by atoms with van der Waals surface area (Å²) >= 11 is 0. The number of aliphatic hydroxyl groups is 6. The van der Waals surface area contributed by atoms with Crippen molar-refractivity contribution in [3.05, 3.63) is 0 Å². The third-order valence-corrected chi connectivity index (χ3v) is 12.3. The van der Waals surface area contributed by atoms with Gasteiger partial charge in [-0.2, -0.15) is 0 Å². The van der Waals surface area contributed by atoms with E-state index < -0.39 is 108 Å². The quantitative estimate of drug-likeness (QED) is 0.190. The molecule has 6 N–H and O–H groups in total. The number of carbonyl (C=O) groups is 1. The van der Waals surface area contributed by atoms with Crippen molar-refractivity contribution < 1.29 is 63.9 Å². The average molecular weight is 765 g/mol. The molecule has 3 heterocycles. The van der Waals surface area contributed by atoms with Crippen LogP contribution in [0.4, 0.5) is 0 Å². The second-order valence-electron chi connectivity index (χ2n) is 17.2. The van der Waals surface area contributed by atoms with E-state index in [0.29, 0.717) is 13.0 Å². The minimum atomic E-state index is -1.82. The molecule has 0 unspecified atom stereocenters. The zero-order valence-corrected chi connectivity index (χ0v) is 34.3. The second-order valence-corrected chi connectivity index (χ2v) is 17.2. The Hall–Kier alpha value is -1.05. The minimum absolute atomic E-state index is 0.106. The summed E-state index contributed by atoms with van der Waals surface area (Å²) in [6.07, 6.45) is -9.42. The van der Waals surface area contributed by atoms with Crippen LogP contribution in [0.5, 0.6) is 0 Å². The maximum Gasteiger partial charge on any atom is 0.311 e. The van der Waals surface area contributed by atoms with Gasteiger partial charge in [0.25, 0.3) is 0 Å². The number of methoxy groups -OCH3 is 1. The number of cyclic esters (lactones) is 1. The van der Waals surface area contributed by atoms with E-state index in [-0.39, 0.29) is 31.8 Å². The van der Waals surface area contributed by atoms with Gasteiger partial charge in [0.2, 0.25) is 0 Å². The van der Waals surface area contributed by atoms with E-state index >= 15 is 0 Å². The largest absolute Gasteiger partial charge is 0.459 e. The molecule has 3 fully saturated rings. The third-order valence-electron chi connectivity index (χ3n) is 12.3. The molecule has 53 heavy (non-hydrogen) atoms. The maximum absolute atomic E-state index is 14.2. The highest BCUT2D eigenvalue weighted by molar-refractivity contribution is 5.73. The van der Waals surface area contributed by atoms with Gasteiger partial charge in [0.05, 0.1) is 48.1 Å². The smallest absolute Gasteiger partial charge is 0.311 e. The van der Waals surface area contributed by atoms with Gasteiger partial charge in [0, 0.05) is 38.1 Å². The number of esters is 1. The lowest BCUT2D eigenvalue weighted by atomic mass is 9.77. The predicted molar refractivity (Wildman–Crippen MR) is 196 cm³/mol. The molecule has 0 aromatic heterocycles. The van der Waals surface area contributed by atoms with Crippen molar-refractivity contribution in [1.29, 1.82) is 0 Å².